The predicted molar refractivity (Wildman–Crippen MR) is 129 cm³/mol. The molecule has 2 nitrogen and oxygen atoms in total. The van der Waals surface area contributed by atoms with Crippen molar-refractivity contribution in [3.63, 3.8) is 0 Å². The number of carbonyl (C=O) groups is 1. The molecule has 3 atom stereocenters. The zero-order valence-electron chi connectivity index (χ0n) is 18.0. The van der Waals surface area contributed by atoms with Gasteiger partial charge in [0.25, 0.3) is 0 Å². The Hall–Kier alpha value is -2.23. The van der Waals surface area contributed by atoms with E-state index in [0.717, 1.165) is 24.9 Å². The molecular formula is C28H31NOS. The van der Waals surface area contributed by atoms with E-state index in [-0.39, 0.29) is 5.92 Å². The third-order valence-corrected chi connectivity index (χ3v) is 8.15. The van der Waals surface area contributed by atoms with Gasteiger partial charge < -0.3 is 4.90 Å². The zero-order chi connectivity index (χ0) is 21.0. The molecule has 1 saturated heterocycles. The Labute approximate surface area is 189 Å². The summed E-state index contributed by atoms with van der Waals surface area (Å²) in [4.78, 5) is 15.9. The van der Waals surface area contributed by atoms with E-state index in [1.165, 1.54) is 37.1 Å². The minimum absolute atomic E-state index is 0.152. The minimum atomic E-state index is 0.152. The van der Waals surface area contributed by atoms with E-state index >= 15 is 0 Å². The minimum Gasteiger partial charge on any atom is -0.303 e. The van der Waals surface area contributed by atoms with Crippen molar-refractivity contribution in [2.24, 2.45) is 11.8 Å². The molecule has 0 radical (unpaired) electrons. The van der Waals surface area contributed by atoms with Crippen LogP contribution >= 0.6 is 11.3 Å². The average molecular weight is 430 g/mol. The lowest BCUT2D eigenvalue weighted by atomic mass is 9.87. The molecule has 0 spiro atoms. The highest BCUT2D eigenvalue weighted by atomic mass is 32.1. The first-order chi connectivity index (χ1) is 15.3. The summed E-state index contributed by atoms with van der Waals surface area (Å²) in [5, 5.41) is 4.48. The van der Waals surface area contributed by atoms with E-state index in [1.807, 2.05) is 30.3 Å². The summed E-state index contributed by atoms with van der Waals surface area (Å²) >= 11 is 1.78. The van der Waals surface area contributed by atoms with Crippen LogP contribution in [0, 0.1) is 11.8 Å². The first kappa shape index (κ1) is 20.7. The number of thiophene rings is 1. The smallest absolute Gasteiger partial charge is 0.165 e. The van der Waals surface area contributed by atoms with Gasteiger partial charge in [0.1, 0.15) is 0 Å². The lowest BCUT2D eigenvalue weighted by molar-refractivity contribution is 0.0916. The Morgan fingerprint density at radius 3 is 2.26 bits per heavy atom. The standard InChI is InChI=1S/C28H31NOS/c30-28(23-9-5-2-6-10-23)25-17-26(27(18-25)24-13-16-31-20-24)19-29-14-11-22(12-15-29)21-7-3-1-4-8-21/h1-10,13,16,20,22,25-27H,11-12,14-15,17-19H2. The van der Waals surface area contributed by atoms with Crippen molar-refractivity contribution in [3.05, 3.63) is 94.2 Å². The summed E-state index contributed by atoms with van der Waals surface area (Å²) in [6, 6.07) is 23.2. The van der Waals surface area contributed by atoms with E-state index in [0.29, 0.717) is 23.5 Å². The molecule has 31 heavy (non-hydrogen) atoms. The molecule has 3 heteroatoms. The number of carbonyl (C=O) groups excluding carboxylic acids is 1. The van der Waals surface area contributed by atoms with Crippen molar-refractivity contribution in [2.45, 2.75) is 37.5 Å². The Morgan fingerprint density at radius 2 is 1.58 bits per heavy atom. The summed E-state index contributed by atoms with van der Waals surface area (Å²) in [5.41, 5.74) is 3.81. The summed E-state index contributed by atoms with van der Waals surface area (Å²) in [6.45, 7) is 3.47. The van der Waals surface area contributed by atoms with Gasteiger partial charge in [-0.05, 0) is 84.5 Å². The van der Waals surface area contributed by atoms with Gasteiger partial charge >= 0.3 is 0 Å². The molecular weight excluding hydrogens is 398 g/mol. The number of nitrogens with zero attached hydrogens (tertiary/aromatic N) is 1. The van der Waals surface area contributed by atoms with Crippen molar-refractivity contribution in [1.82, 2.24) is 4.90 Å². The molecule has 3 unspecified atom stereocenters. The lowest BCUT2D eigenvalue weighted by Crippen LogP contribution is -2.37. The summed E-state index contributed by atoms with van der Waals surface area (Å²) in [7, 11) is 0. The van der Waals surface area contributed by atoms with Crippen molar-refractivity contribution in [3.8, 4) is 0 Å². The first-order valence-corrected chi connectivity index (χ1v) is 12.6. The Bertz CT molecular complexity index is 961. The molecule has 2 aliphatic rings. The van der Waals surface area contributed by atoms with E-state index in [2.05, 4.69) is 52.1 Å². The van der Waals surface area contributed by atoms with Crippen LogP contribution < -0.4 is 0 Å². The molecule has 0 amide bonds. The van der Waals surface area contributed by atoms with Crippen LogP contribution in [0.15, 0.2) is 77.5 Å². The number of rotatable bonds is 6. The molecule has 160 valence electrons. The number of ketones is 1. The lowest BCUT2D eigenvalue weighted by Gasteiger charge is -2.35. The maximum Gasteiger partial charge on any atom is 0.165 e. The molecule has 2 fully saturated rings. The van der Waals surface area contributed by atoms with Gasteiger partial charge in [0, 0.05) is 18.0 Å². The highest BCUT2D eigenvalue weighted by Crippen LogP contribution is 2.45. The van der Waals surface area contributed by atoms with Gasteiger partial charge in [-0.2, -0.15) is 11.3 Å². The maximum absolute atomic E-state index is 13.2. The largest absolute Gasteiger partial charge is 0.303 e. The molecule has 1 aliphatic carbocycles. The van der Waals surface area contributed by atoms with Crippen LogP contribution in [0.4, 0.5) is 0 Å². The van der Waals surface area contributed by atoms with Crippen LogP contribution in [0.1, 0.15) is 59.0 Å². The van der Waals surface area contributed by atoms with E-state index in [1.54, 1.807) is 11.3 Å². The maximum atomic E-state index is 13.2. The van der Waals surface area contributed by atoms with E-state index in [9.17, 15) is 4.79 Å². The normalized spacial score (nSPS) is 25.0. The fourth-order valence-corrected chi connectivity index (χ4v) is 6.50. The molecule has 1 aromatic heterocycles. The third-order valence-electron chi connectivity index (χ3n) is 7.45. The van der Waals surface area contributed by atoms with Gasteiger partial charge in [-0.3, -0.25) is 4.79 Å². The van der Waals surface area contributed by atoms with Gasteiger partial charge in [0.15, 0.2) is 5.78 Å². The van der Waals surface area contributed by atoms with Gasteiger partial charge in [-0.25, -0.2) is 0 Å². The van der Waals surface area contributed by atoms with Crippen LogP contribution in [-0.2, 0) is 0 Å². The Balaban J connectivity index is 1.25. The number of likely N-dealkylation sites (tertiary alicyclic amines) is 1. The van der Waals surface area contributed by atoms with Crippen LogP contribution in [0.3, 0.4) is 0 Å². The van der Waals surface area contributed by atoms with Gasteiger partial charge in [-0.1, -0.05) is 60.7 Å². The van der Waals surface area contributed by atoms with Crippen molar-refractivity contribution in [2.75, 3.05) is 19.6 Å². The second-order valence-electron chi connectivity index (χ2n) is 9.31. The first-order valence-electron chi connectivity index (χ1n) is 11.7. The third kappa shape index (κ3) is 4.68. The number of piperidine rings is 1. The average Bonchev–Trinajstić information content (AvgIpc) is 3.50. The van der Waals surface area contributed by atoms with E-state index in [4.69, 9.17) is 0 Å². The molecule has 1 saturated carbocycles. The number of benzene rings is 2. The van der Waals surface area contributed by atoms with Gasteiger partial charge in [0.2, 0.25) is 0 Å². The van der Waals surface area contributed by atoms with Crippen LogP contribution in [-0.4, -0.2) is 30.3 Å². The van der Waals surface area contributed by atoms with Crippen molar-refractivity contribution in [1.29, 1.82) is 0 Å². The fraction of sp³-hybridized carbons (Fsp3) is 0.393. The zero-order valence-corrected chi connectivity index (χ0v) is 18.8. The van der Waals surface area contributed by atoms with Crippen LogP contribution in [0.2, 0.25) is 0 Å². The highest BCUT2D eigenvalue weighted by molar-refractivity contribution is 7.08. The summed E-state index contributed by atoms with van der Waals surface area (Å²) in [6.07, 6.45) is 4.50. The SMILES string of the molecule is O=C(c1ccccc1)C1CC(CN2CCC(c3ccccc3)CC2)C(c2ccsc2)C1. The molecule has 0 bridgehead atoms. The second kappa shape index (κ2) is 9.50. The highest BCUT2D eigenvalue weighted by Gasteiger charge is 2.40. The molecule has 1 aliphatic heterocycles. The van der Waals surface area contributed by atoms with Crippen molar-refractivity contribution >= 4 is 17.1 Å². The molecule has 2 heterocycles. The van der Waals surface area contributed by atoms with Gasteiger partial charge in [-0.15, -0.1) is 0 Å². The van der Waals surface area contributed by atoms with E-state index < -0.39 is 0 Å². The number of Topliss-reactive ketones (excluding diaryl/α,β-unsaturated/α-hetero) is 1. The second-order valence-corrected chi connectivity index (χ2v) is 10.1. The predicted octanol–water partition coefficient (Wildman–Crippen LogP) is 6.62. The van der Waals surface area contributed by atoms with Crippen LogP contribution in [0.25, 0.3) is 0 Å². The molecule has 3 aromatic rings. The number of hydrogen-bond donors (Lipinski definition) is 0. The number of hydrogen-bond acceptors (Lipinski definition) is 3. The van der Waals surface area contributed by atoms with Crippen molar-refractivity contribution < 1.29 is 4.79 Å². The Kier molecular flexibility index (Phi) is 6.33. The summed E-state index contributed by atoms with van der Waals surface area (Å²) < 4.78 is 0. The monoisotopic (exact) mass is 429 g/mol. The quantitative estimate of drug-likeness (QED) is 0.410. The fourth-order valence-electron chi connectivity index (χ4n) is 5.78. The van der Waals surface area contributed by atoms with Gasteiger partial charge in [0.05, 0.1) is 0 Å². The molecule has 0 N–H and O–H groups in total. The molecule has 2 aromatic carbocycles. The topological polar surface area (TPSA) is 20.3 Å². The van der Waals surface area contributed by atoms with Crippen LogP contribution in [0.5, 0.6) is 0 Å². The summed E-state index contributed by atoms with van der Waals surface area (Å²) in [5.74, 6) is 2.27. The Morgan fingerprint density at radius 1 is 0.871 bits per heavy atom. The molecule has 5 rings (SSSR count).